The molecule has 0 N–H and O–H groups in total. The third-order valence-electron chi connectivity index (χ3n) is 3.75. The molecule has 2 atom stereocenters. The first kappa shape index (κ1) is 14.1. The summed E-state index contributed by atoms with van der Waals surface area (Å²) in [5.41, 5.74) is 1.37. The van der Waals surface area contributed by atoms with Crippen molar-refractivity contribution in [1.29, 1.82) is 0 Å². The first-order valence-electron chi connectivity index (χ1n) is 6.53. The Hall–Kier alpha value is -1.29. The Balaban J connectivity index is 2.37. The summed E-state index contributed by atoms with van der Waals surface area (Å²) >= 11 is 1.73. The molecule has 0 aromatic carbocycles. The number of nitrogens with zero attached hydrogens (tertiary/aromatic N) is 1. The molecule has 1 aromatic rings. The molecule has 104 valence electrons. The van der Waals surface area contributed by atoms with Crippen molar-refractivity contribution in [2.24, 2.45) is 10.9 Å². The zero-order valence-corrected chi connectivity index (χ0v) is 12.8. The quantitative estimate of drug-likeness (QED) is 0.472. The topological polar surface area (TPSA) is 30.8 Å². The minimum atomic E-state index is 0.371. The van der Waals surface area contributed by atoms with Crippen molar-refractivity contribution in [3.63, 3.8) is 0 Å². The van der Waals surface area contributed by atoms with E-state index >= 15 is 0 Å². The minimum Gasteiger partial charge on any atom is -0.481 e. The van der Waals surface area contributed by atoms with Gasteiger partial charge in [-0.15, -0.1) is 11.3 Å². The number of thiophene rings is 1. The third kappa shape index (κ3) is 2.84. The summed E-state index contributed by atoms with van der Waals surface area (Å²) in [6.45, 7) is 8.16. The van der Waals surface area contributed by atoms with Crippen molar-refractivity contribution < 1.29 is 9.47 Å². The van der Waals surface area contributed by atoms with Crippen molar-refractivity contribution in [1.82, 2.24) is 0 Å². The lowest BCUT2D eigenvalue weighted by atomic mass is 9.71. The average Bonchev–Trinajstić information content (AvgIpc) is 2.75. The number of aryl methyl sites for hydroxylation is 1. The largest absolute Gasteiger partial charge is 0.481 e. The van der Waals surface area contributed by atoms with Gasteiger partial charge >= 0.3 is 0 Å². The van der Waals surface area contributed by atoms with Gasteiger partial charge in [0, 0.05) is 4.88 Å². The van der Waals surface area contributed by atoms with Crippen LogP contribution >= 0.6 is 11.3 Å². The highest BCUT2D eigenvalue weighted by molar-refractivity contribution is 7.14. The molecular weight excluding hydrogens is 258 g/mol. The number of aliphatic imine (C=N–C) groups is 1. The summed E-state index contributed by atoms with van der Waals surface area (Å²) < 4.78 is 10.5. The molecule has 3 nitrogen and oxygen atoms in total. The minimum absolute atomic E-state index is 0.371. The lowest BCUT2D eigenvalue weighted by Crippen LogP contribution is -2.22. The zero-order chi connectivity index (χ0) is 14.0. The van der Waals surface area contributed by atoms with Gasteiger partial charge in [-0.3, -0.25) is 0 Å². The summed E-state index contributed by atoms with van der Waals surface area (Å²) in [5.74, 6) is 2.36. The van der Waals surface area contributed by atoms with E-state index in [-0.39, 0.29) is 0 Å². The van der Waals surface area contributed by atoms with Crippen molar-refractivity contribution in [3.05, 3.63) is 33.8 Å². The Morgan fingerprint density at radius 3 is 2.58 bits per heavy atom. The van der Waals surface area contributed by atoms with Gasteiger partial charge in [0.05, 0.1) is 19.1 Å². The lowest BCUT2D eigenvalue weighted by molar-refractivity contribution is 0.279. The Bertz CT molecular complexity index is 504. The molecule has 0 aliphatic heterocycles. The van der Waals surface area contributed by atoms with E-state index in [9.17, 15) is 0 Å². The smallest absolute Gasteiger partial charge is 0.234 e. The van der Waals surface area contributed by atoms with Crippen LogP contribution < -0.4 is 0 Å². The molecule has 1 saturated carbocycles. The summed E-state index contributed by atoms with van der Waals surface area (Å²) in [6.07, 6.45) is 2.57. The Kier molecular flexibility index (Phi) is 4.30. The molecule has 1 aliphatic carbocycles. The fraction of sp³-hybridized carbons (Fsp3) is 0.533. The van der Waals surface area contributed by atoms with Crippen LogP contribution in [0.1, 0.15) is 41.0 Å². The number of rotatable bonds is 4. The maximum absolute atomic E-state index is 5.44. The maximum atomic E-state index is 5.44. The van der Waals surface area contributed by atoms with Crippen molar-refractivity contribution in [3.8, 4) is 0 Å². The SMILES string of the molecule is C=C(N=C(OC)c1sc(C)cc1C1CCC1C)OC. The Morgan fingerprint density at radius 2 is 2.11 bits per heavy atom. The molecule has 1 aromatic heterocycles. The zero-order valence-electron chi connectivity index (χ0n) is 12.0. The van der Waals surface area contributed by atoms with Crippen molar-refractivity contribution in [2.75, 3.05) is 14.2 Å². The molecule has 4 heteroatoms. The number of methoxy groups -OCH3 is 2. The van der Waals surface area contributed by atoms with Crippen LogP contribution in [0.3, 0.4) is 0 Å². The first-order valence-corrected chi connectivity index (χ1v) is 7.34. The average molecular weight is 279 g/mol. The second-order valence-electron chi connectivity index (χ2n) is 5.02. The Morgan fingerprint density at radius 1 is 1.37 bits per heavy atom. The van der Waals surface area contributed by atoms with Crippen LogP contribution in [-0.2, 0) is 9.47 Å². The molecule has 19 heavy (non-hydrogen) atoms. The van der Waals surface area contributed by atoms with Crippen LogP contribution in [-0.4, -0.2) is 20.1 Å². The highest BCUT2D eigenvalue weighted by Gasteiger charge is 2.32. The van der Waals surface area contributed by atoms with Gasteiger partial charge in [-0.2, -0.15) is 4.99 Å². The second kappa shape index (κ2) is 5.78. The van der Waals surface area contributed by atoms with E-state index in [4.69, 9.17) is 9.47 Å². The normalized spacial score (nSPS) is 22.8. The monoisotopic (exact) mass is 279 g/mol. The highest BCUT2D eigenvalue weighted by atomic mass is 32.1. The summed E-state index contributed by atoms with van der Waals surface area (Å²) in [7, 11) is 3.21. The second-order valence-corrected chi connectivity index (χ2v) is 6.28. The molecule has 0 radical (unpaired) electrons. The van der Waals surface area contributed by atoms with Crippen LogP contribution in [0.5, 0.6) is 0 Å². The molecular formula is C15H21NO2S. The standard InChI is InChI=1S/C15H21NO2S/c1-9-6-7-12(9)13-8-10(2)19-14(13)15(18-5)16-11(3)17-4/h8-9,12H,3,6-7H2,1-2,4-5H3. The van der Waals surface area contributed by atoms with Crippen LogP contribution in [0.4, 0.5) is 0 Å². The highest BCUT2D eigenvalue weighted by Crippen LogP contribution is 2.45. The molecule has 0 saturated heterocycles. The Labute approximate surface area is 119 Å². The van der Waals surface area contributed by atoms with E-state index in [1.165, 1.54) is 23.3 Å². The molecule has 2 unspecified atom stereocenters. The maximum Gasteiger partial charge on any atom is 0.234 e. The molecule has 0 spiro atoms. The van der Waals surface area contributed by atoms with E-state index in [1.54, 1.807) is 25.6 Å². The van der Waals surface area contributed by atoms with Gasteiger partial charge in [-0.05, 0) is 49.8 Å². The summed E-state index contributed by atoms with van der Waals surface area (Å²) in [6, 6.07) is 2.27. The number of ether oxygens (including phenoxy) is 2. The van der Waals surface area contributed by atoms with Crippen LogP contribution in [0, 0.1) is 12.8 Å². The van der Waals surface area contributed by atoms with Crippen LogP contribution in [0.15, 0.2) is 23.5 Å². The fourth-order valence-corrected chi connectivity index (χ4v) is 3.51. The van der Waals surface area contributed by atoms with Crippen molar-refractivity contribution in [2.45, 2.75) is 32.6 Å². The van der Waals surface area contributed by atoms with Gasteiger partial charge in [0.2, 0.25) is 11.8 Å². The van der Waals surface area contributed by atoms with Gasteiger partial charge in [-0.1, -0.05) is 6.92 Å². The number of hydrogen-bond acceptors (Lipinski definition) is 4. The van der Waals surface area contributed by atoms with E-state index in [2.05, 4.69) is 31.5 Å². The third-order valence-corrected chi connectivity index (χ3v) is 4.81. The van der Waals surface area contributed by atoms with E-state index in [0.29, 0.717) is 17.7 Å². The molecule has 1 fully saturated rings. The van der Waals surface area contributed by atoms with Gasteiger partial charge in [0.1, 0.15) is 0 Å². The number of hydrogen-bond donors (Lipinski definition) is 0. The van der Waals surface area contributed by atoms with Crippen LogP contribution in [0.2, 0.25) is 0 Å². The van der Waals surface area contributed by atoms with E-state index in [0.717, 1.165) is 10.8 Å². The summed E-state index contributed by atoms with van der Waals surface area (Å²) in [5, 5.41) is 0. The van der Waals surface area contributed by atoms with E-state index in [1.807, 2.05) is 0 Å². The van der Waals surface area contributed by atoms with E-state index < -0.39 is 0 Å². The van der Waals surface area contributed by atoms with Crippen LogP contribution in [0.25, 0.3) is 0 Å². The summed E-state index contributed by atoms with van der Waals surface area (Å²) in [4.78, 5) is 6.72. The molecule has 2 rings (SSSR count). The predicted molar refractivity (Wildman–Crippen MR) is 79.9 cm³/mol. The van der Waals surface area contributed by atoms with Gasteiger partial charge < -0.3 is 9.47 Å². The molecule has 1 aliphatic rings. The molecule has 1 heterocycles. The van der Waals surface area contributed by atoms with Crippen molar-refractivity contribution >= 4 is 17.2 Å². The lowest BCUT2D eigenvalue weighted by Gasteiger charge is -2.34. The van der Waals surface area contributed by atoms with Gasteiger partial charge in [0.15, 0.2) is 0 Å². The van der Waals surface area contributed by atoms with Gasteiger partial charge in [0.25, 0.3) is 0 Å². The first-order chi connectivity index (χ1) is 9.06. The predicted octanol–water partition coefficient (Wildman–Crippen LogP) is 4.08. The van der Waals surface area contributed by atoms with Gasteiger partial charge in [-0.25, -0.2) is 0 Å². The molecule has 0 amide bonds. The fourth-order valence-electron chi connectivity index (χ4n) is 2.45. The molecule has 0 bridgehead atoms.